The topological polar surface area (TPSA) is 61.9 Å². The molecule has 0 atom stereocenters. The summed E-state index contributed by atoms with van der Waals surface area (Å²) in [5.74, 6) is 0.0173. The lowest BCUT2D eigenvalue weighted by atomic mass is 9.78. The lowest BCUT2D eigenvalue weighted by Crippen LogP contribution is -2.52. The van der Waals surface area contributed by atoms with Crippen LogP contribution in [-0.2, 0) is 14.3 Å². The quantitative estimate of drug-likeness (QED) is 0.746. The molecule has 0 aromatic rings. The van der Waals surface area contributed by atoms with Gasteiger partial charge in [0.2, 0.25) is 11.8 Å². The normalized spacial score (nSPS) is 16.5. The first-order chi connectivity index (χ1) is 10.0. The summed E-state index contributed by atoms with van der Waals surface area (Å²) in [4.78, 5) is 28.3. The molecule has 1 N–H and O–H groups in total. The second-order valence-corrected chi connectivity index (χ2v) is 5.69. The Hall–Kier alpha value is -0.850. The molecule has 130 valence electrons. The highest BCUT2D eigenvalue weighted by Gasteiger charge is 2.41. The van der Waals surface area contributed by atoms with Crippen LogP contribution in [0, 0.1) is 5.41 Å². The molecular formula is C15H30ClN3O3. The number of carbonyl (C=O) groups is 2. The van der Waals surface area contributed by atoms with Crippen LogP contribution in [0.4, 0.5) is 0 Å². The fourth-order valence-electron chi connectivity index (χ4n) is 2.96. The van der Waals surface area contributed by atoms with E-state index >= 15 is 0 Å². The van der Waals surface area contributed by atoms with Crippen LogP contribution >= 0.6 is 12.4 Å². The van der Waals surface area contributed by atoms with Gasteiger partial charge in [0.15, 0.2) is 0 Å². The molecule has 0 aromatic heterocycles. The maximum Gasteiger partial charge on any atom is 0.242 e. The molecule has 1 rings (SSSR count). The average molecular weight is 336 g/mol. The minimum Gasteiger partial charge on any atom is -0.384 e. The summed E-state index contributed by atoms with van der Waals surface area (Å²) >= 11 is 0. The molecular weight excluding hydrogens is 306 g/mol. The molecule has 1 aliphatic heterocycles. The highest BCUT2D eigenvalue weighted by molar-refractivity contribution is 5.88. The third kappa shape index (κ3) is 5.11. The average Bonchev–Trinajstić information content (AvgIpc) is 2.48. The summed E-state index contributed by atoms with van der Waals surface area (Å²) in [5, 5.41) is 3.27. The largest absolute Gasteiger partial charge is 0.384 e. The minimum atomic E-state index is -0.488. The molecule has 22 heavy (non-hydrogen) atoms. The number of nitrogens with zero attached hydrogens (tertiary/aromatic N) is 2. The van der Waals surface area contributed by atoms with Crippen LogP contribution in [0.2, 0.25) is 0 Å². The maximum absolute atomic E-state index is 12.8. The third-order valence-corrected chi connectivity index (χ3v) is 4.27. The molecule has 1 saturated heterocycles. The van der Waals surface area contributed by atoms with Crippen LogP contribution < -0.4 is 5.32 Å². The Kier molecular flexibility index (Phi) is 9.64. The Labute approximate surface area is 140 Å². The van der Waals surface area contributed by atoms with Gasteiger partial charge < -0.3 is 19.9 Å². The SMILES string of the molecule is CCN(CC)C(=O)CN(C)C(=O)C1(COC)CCNCC1.Cl. The van der Waals surface area contributed by atoms with Gasteiger partial charge in [-0.15, -0.1) is 12.4 Å². The highest BCUT2D eigenvalue weighted by Crippen LogP contribution is 2.31. The molecule has 1 fully saturated rings. The smallest absolute Gasteiger partial charge is 0.242 e. The van der Waals surface area contributed by atoms with Crippen LogP contribution in [0.1, 0.15) is 26.7 Å². The summed E-state index contributed by atoms with van der Waals surface area (Å²) in [7, 11) is 3.33. The summed E-state index contributed by atoms with van der Waals surface area (Å²) in [6.07, 6.45) is 1.51. The summed E-state index contributed by atoms with van der Waals surface area (Å²) in [6.45, 7) is 7.41. The van der Waals surface area contributed by atoms with E-state index in [1.54, 1.807) is 24.0 Å². The van der Waals surface area contributed by atoms with E-state index in [0.29, 0.717) is 19.7 Å². The van der Waals surface area contributed by atoms with Crippen molar-refractivity contribution in [3.63, 3.8) is 0 Å². The van der Waals surface area contributed by atoms with Crippen molar-refractivity contribution in [3.8, 4) is 0 Å². The number of carbonyl (C=O) groups excluding carboxylic acids is 2. The number of nitrogens with one attached hydrogen (secondary N) is 1. The number of methoxy groups -OCH3 is 1. The zero-order valence-corrected chi connectivity index (χ0v) is 15.0. The fourth-order valence-corrected chi connectivity index (χ4v) is 2.96. The number of halogens is 1. The summed E-state index contributed by atoms with van der Waals surface area (Å²) in [6, 6.07) is 0. The van der Waals surface area contributed by atoms with Crippen molar-refractivity contribution >= 4 is 24.2 Å². The first kappa shape index (κ1) is 21.1. The van der Waals surface area contributed by atoms with Gasteiger partial charge in [0.1, 0.15) is 0 Å². The van der Waals surface area contributed by atoms with Crippen molar-refractivity contribution in [2.24, 2.45) is 5.41 Å². The molecule has 7 heteroatoms. The third-order valence-electron chi connectivity index (χ3n) is 4.27. The maximum atomic E-state index is 12.8. The van der Waals surface area contributed by atoms with Crippen molar-refractivity contribution in [1.29, 1.82) is 0 Å². The van der Waals surface area contributed by atoms with Gasteiger partial charge in [0.05, 0.1) is 18.6 Å². The number of piperidine rings is 1. The van der Waals surface area contributed by atoms with Gasteiger partial charge in [-0.1, -0.05) is 0 Å². The fraction of sp³-hybridized carbons (Fsp3) is 0.867. The Bertz CT molecular complexity index is 350. The number of likely N-dealkylation sites (N-methyl/N-ethyl adjacent to an activating group) is 2. The molecule has 0 aromatic carbocycles. The molecule has 1 heterocycles. The molecule has 0 spiro atoms. The van der Waals surface area contributed by atoms with Gasteiger partial charge in [-0.25, -0.2) is 0 Å². The van der Waals surface area contributed by atoms with Crippen LogP contribution in [0.3, 0.4) is 0 Å². The molecule has 0 radical (unpaired) electrons. The van der Waals surface area contributed by atoms with Crippen molar-refractivity contribution in [2.75, 3.05) is 53.5 Å². The summed E-state index contributed by atoms with van der Waals surface area (Å²) < 4.78 is 5.28. The van der Waals surface area contributed by atoms with Crippen molar-refractivity contribution < 1.29 is 14.3 Å². The van der Waals surface area contributed by atoms with E-state index in [1.165, 1.54) is 0 Å². The Balaban J connectivity index is 0.00000441. The predicted octanol–water partition coefficient (Wildman–Crippen LogP) is 0.751. The van der Waals surface area contributed by atoms with Gasteiger partial charge >= 0.3 is 0 Å². The number of ether oxygens (including phenoxy) is 1. The zero-order chi connectivity index (χ0) is 15.9. The van der Waals surface area contributed by atoms with Crippen molar-refractivity contribution in [2.45, 2.75) is 26.7 Å². The Morgan fingerprint density at radius 3 is 2.18 bits per heavy atom. The van der Waals surface area contributed by atoms with Crippen LogP contribution in [0.25, 0.3) is 0 Å². The molecule has 2 amide bonds. The van der Waals surface area contributed by atoms with E-state index in [-0.39, 0.29) is 30.8 Å². The van der Waals surface area contributed by atoms with Crippen molar-refractivity contribution in [1.82, 2.24) is 15.1 Å². The highest BCUT2D eigenvalue weighted by atomic mass is 35.5. The molecule has 6 nitrogen and oxygen atoms in total. The predicted molar refractivity (Wildman–Crippen MR) is 89.2 cm³/mol. The molecule has 0 aliphatic carbocycles. The second kappa shape index (κ2) is 10.0. The van der Waals surface area contributed by atoms with Gasteiger partial charge in [-0.2, -0.15) is 0 Å². The van der Waals surface area contributed by atoms with Gasteiger partial charge in [-0.05, 0) is 39.8 Å². The van der Waals surface area contributed by atoms with Crippen LogP contribution in [0.5, 0.6) is 0 Å². The number of hydrogen-bond donors (Lipinski definition) is 1. The number of hydrogen-bond acceptors (Lipinski definition) is 4. The number of amides is 2. The van der Waals surface area contributed by atoms with E-state index in [1.807, 2.05) is 13.8 Å². The summed E-state index contributed by atoms with van der Waals surface area (Å²) in [5.41, 5.74) is -0.488. The zero-order valence-electron chi connectivity index (χ0n) is 14.2. The first-order valence-electron chi connectivity index (χ1n) is 7.73. The lowest BCUT2D eigenvalue weighted by molar-refractivity contribution is -0.150. The first-order valence-corrected chi connectivity index (χ1v) is 7.73. The van der Waals surface area contributed by atoms with E-state index in [2.05, 4.69) is 5.32 Å². The molecule has 0 unspecified atom stereocenters. The molecule has 1 aliphatic rings. The van der Waals surface area contributed by atoms with E-state index in [4.69, 9.17) is 4.74 Å². The van der Waals surface area contributed by atoms with Gasteiger partial charge in [-0.3, -0.25) is 9.59 Å². The monoisotopic (exact) mass is 335 g/mol. The number of rotatable bonds is 7. The minimum absolute atomic E-state index is 0. The van der Waals surface area contributed by atoms with Crippen LogP contribution in [-0.4, -0.2) is 75.1 Å². The van der Waals surface area contributed by atoms with Crippen molar-refractivity contribution in [3.05, 3.63) is 0 Å². The van der Waals surface area contributed by atoms with E-state index < -0.39 is 5.41 Å². The Morgan fingerprint density at radius 1 is 1.18 bits per heavy atom. The van der Waals surface area contributed by atoms with E-state index in [0.717, 1.165) is 25.9 Å². The van der Waals surface area contributed by atoms with E-state index in [9.17, 15) is 9.59 Å². The standard InChI is InChI=1S/C15H29N3O3.ClH/c1-5-18(6-2)13(19)11-17(3)14(20)15(12-21-4)7-9-16-10-8-15;/h16H,5-12H2,1-4H3;1H. The van der Waals surface area contributed by atoms with Crippen LogP contribution in [0.15, 0.2) is 0 Å². The lowest BCUT2D eigenvalue weighted by Gasteiger charge is -2.38. The van der Waals surface area contributed by atoms with Gasteiger partial charge in [0.25, 0.3) is 0 Å². The Morgan fingerprint density at radius 2 is 1.73 bits per heavy atom. The van der Waals surface area contributed by atoms with Gasteiger partial charge in [0, 0.05) is 27.2 Å². The second-order valence-electron chi connectivity index (χ2n) is 5.69. The molecule has 0 saturated carbocycles. The molecule has 0 bridgehead atoms.